The zero-order valence-corrected chi connectivity index (χ0v) is 11.8. The largest absolute Gasteiger partial charge is 0.370 e. The van der Waals surface area contributed by atoms with E-state index in [1.54, 1.807) is 19.0 Å². The maximum atomic E-state index is 11.1. The van der Waals surface area contributed by atoms with Crippen LogP contribution < -0.4 is 0 Å². The van der Waals surface area contributed by atoms with Crippen molar-refractivity contribution in [3.63, 3.8) is 0 Å². The molecule has 0 amide bonds. The fraction of sp³-hybridized carbons (Fsp3) is 0.500. The summed E-state index contributed by atoms with van der Waals surface area (Å²) in [7, 11) is 3.35. The van der Waals surface area contributed by atoms with Crippen LogP contribution in [0.25, 0.3) is 0 Å². The van der Waals surface area contributed by atoms with E-state index in [9.17, 15) is 10.1 Å². The van der Waals surface area contributed by atoms with E-state index in [0.717, 1.165) is 11.5 Å². The highest BCUT2D eigenvalue weighted by atomic mass is 35.5. The van der Waals surface area contributed by atoms with Crippen LogP contribution in [0, 0.1) is 10.1 Å². The Hall–Kier alpha value is -0.0400. The van der Waals surface area contributed by atoms with Crippen molar-refractivity contribution < 1.29 is 4.92 Å². The van der Waals surface area contributed by atoms with Crippen molar-refractivity contribution in [1.29, 1.82) is 0 Å². The second-order valence-electron chi connectivity index (χ2n) is 3.09. The summed E-state index contributed by atoms with van der Waals surface area (Å²) >= 11 is 14.3. The third-order valence-corrected chi connectivity index (χ3v) is 4.83. The summed E-state index contributed by atoms with van der Waals surface area (Å²) in [6, 6.07) is 0. The van der Waals surface area contributed by atoms with Gasteiger partial charge in [-0.1, -0.05) is 23.2 Å². The summed E-state index contributed by atoms with van der Waals surface area (Å²) < 4.78 is 0.588. The van der Waals surface area contributed by atoms with Gasteiger partial charge in [-0.25, -0.2) is 0 Å². The number of nitrogens with zero attached hydrogens (tertiary/aromatic N) is 2. The van der Waals surface area contributed by atoms with Crippen molar-refractivity contribution in [2.24, 2.45) is 0 Å². The zero-order valence-electron chi connectivity index (χ0n) is 8.70. The number of rotatable bonds is 3. The number of nitro groups is 1. The van der Waals surface area contributed by atoms with Crippen molar-refractivity contribution in [3.8, 4) is 0 Å². The molecule has 0 aromatic rings. The SMILES string of the molecule is CN(C)C(=C(Cl)Cl)C(=C1SCCS1)[N+](=O)[O-]. The van der Waals surface area contributed by atoms with E-state index in [2.05, 4.69) is 0 Å². The first kappa shape index (κ1) is 14.0. The van der Waals surface area contributed by atoms with E-state index >= 15 is 0 Å². The van der Waals surface area contributed by atoms with Crippen molar-refractivity contribution in [3.05, 3.63) is 30.2 Å². The van der Waals surface area contributed by atoms with Gasteiger partial charge in [0.1, 0.15) is 14.4 Å². The summed E-state index contributed by atoms with van der Waals surface area (Å²) in [4.78, 5) is 12.2. The Morgan fingerprint density at radius 1 is 1.38 bits per heavy atom. The minimum Gasteiger partial charge on any atom is -0.370 e. The van der Waals surface area contributed by atoms with Gasteiger partial charge in [-0.05, 0) is 0 Å². The van der Waals surface area contributed by atoms with Gasteiger partial charge >= 0.3 is 5.70 Å². The number of hydrogen-bond acceptors (Lipinski definition) is 5. The third-order valence-electron chi connectivity index (χ3n) is 1.78. The van der Waals surface area contributed by atoms with E-state index in [-0.39, 0.29) is 15.9 Å². The van der Waals surface area contributed by atoms with E-state index in [4.69, 9.17) is 23.2 Å². The molecule has 0 atom stereocenters. The molecular weight excluding hydrogens is 291 g/mol. The summed E-state index contributed by atoms with van der Waals surface area (Å²) in [6.07, 6.45) is 0. The number of thioether (sulfide) groups is 2. The van der Waals surface area contributed by atoms with Gasteiger partial charge in [0.15, 0.2) is 0 Å². The van der Waals surface area contributed by atoms with Crippen LogP contribution in [0.1, 0.15) is 0 Å². The fourth-order valence-electron chi connectivity index (χ4n) is 1.18. The van der Waals surface area contributed by atoms with Crippen LogP contribution in [0.15, 0.2) is 20.1 Å². The minimum absolute atomic E-state index is 0.00231. The van der Waals surface area contributed by atoms with Crippen molar-refractivity contribution in [2.75, 3.05) is 25.6 Å². The first-order valence-electron chi connectivity index (χ1n) is 4.32. The Labute approximate surface area is 112 Å². The van der Waals surface area contributed by atoms with Gasteiger partial charge in [0.25, 0.3) is 0 Å². The van der Waals surface area contributed by atoms with E-state index in [1.807, 2.05) is 0 Å². The number of likely N-dealkylation sites (N-methyl/N-ethyl adjacent to an activating group) is 1. The molecule has 0 bridgehead atoms. The van der Waals surface area contributed by atoms with Crippen LogP contribution in [0.2, 0.25) is 0 Å². The summed E-state index contributed by atoms with van der Waals surface area (Å²) in [5.41, 5.74) is 0.253. The first-order chi connectivity index (χ1) is 7.45. The second kappa shape index (κ2) is 6.05. The molecule has 16 heavy (non-hydrogen) atoms. The lowest BCUT2D eigenvalue weighted by atomic mass is 10.3. The average Bonchev–Trinajstić information content (AvgIpc) is 2.64. The lowest BCUT2D eigenvalue weighted by molar-refractivity contribution is -0.422. The lowest BCUT2D eigenvalue weighted by Gasteiger charge is -2.15. The van der Waals surface area contributed by atoms with Crippen LogP contribution >= 0.6 is 46.7 Å². The van der Waals surface area contributed by atoms with Gasteiger partial charge < -0.3 is 4.90 Å². The molecule has 0 N–H and O–H groups in total. The highest BCUT2D eigenvalue weighted by Gasteiger charge is 2.30. The average molecular weight is 301 g/mol. The molecule has 0 saturated carbocycles. The Bertz CT molecular complexity index is 357. The standard InChI is InChI=1S/C8H10Cl2N2O2S2/c1-11(2)5(7(9)10)6(12(13)14)8-15-3-4-16-8/h3-4H2,1-2H3. The third kappa shape index (κ3) is 3.23. The Morgan fingerprint density at radius 3 is 2.19 bits per heavy atom. The predicted molar refractivity (Wildman–Crippen MR) is 71.4 cm³/mol. The molecule has 0 aliphatic carbocycles. The molecule has 90 valence electrons. The topological polar surface area (TPSA) is 46.4 Å². The maximum absolute atomic E-state index is 11.1. The van der Waals surface area contributed by atoms with E-state index in [0.29, 0.717) is 4.24 Å². The molecule has 0 radical (unpaired) electrons. The zero-order chi connectivity index (χ0) is 12.3. The Balaban J connectivity index is 3.26. The molecule has 1 heterocycles. The Kier molecular flexibility index (Phi) is 5.30. The molecule has 4 nitrogen and oxygen atoms in total. The lowest BCUT2D eigenvalue weighted by Crippen LogP contribution is -2.18. The van der Waals surface area contributed by atoms with Gasteiger partial charge in [0, 0.05) is 25.6 Å². The fourth-order valence-corrected chi connectivity index (χ4v) is 4.18. The molecule has 1 saturated heterocycles. The monoisotopic (exact) mass is 300 g/mol. The van der Waals surface area contributed by atoms with Gasteiger partial charge in [-0.15, -0.1) is 23.5 Å². The van der Waals surface area contributed by atoms with E-state index in [1.165, 1.54) is 23.5 Å². The quantitative estimate of drug-likeness (QED) is 0.592. The molecule has 1 rings (SSSR count). The molecule has 0 aromatic heterocycles. The highest BCUT2D eigenvalue weighted by Crippen LogP contribution is 2.42. The van der Waals surface area contributed by atoms with Crippen LogP contribution in [-0.4, -0.2) is 35.4 Å². The van der Waals surface area contributed by atoms with Crippen LogP contribution in [-0.2, 0) is 0 Å². The van der Waals surface area contributed by atoms with E-state index < -0.39 is 4.92 Å². The van der Waals surface area contributed by atoms with Crippen molar-refractivity contribution in [1.82, 2.24) is 4.90 Å². The highest BCUT2D eigenvalue weighted by molar-refractivity contribution is 8.25. The number of halogens is 2. The normalized spacial score (nSPS) is 14.9. The van der Waals surface area contributed by atoms with Crippen LogP contribution in [0.5, 0.6) is 0 Å². The number of hydrogen-bond donors (Lipinski definition) is 0. The molecule has 1 aliphatic heterocycles. The van der Waals surface area contributed by atoms with Gasteiger partial charge in [-0.3, -0.25) is 10.1 Å². The summed E-state index contributed by atoms with van der Waals surface area (Å²) in [5, 5.41) is 11.1. The van der Waals surface area contributed by atoms with Crippen LogP contribution in [0.4, 0.5) is 0 Å². The molecular formula is C8H10Cl2N2O2S2. The predicted octanol–water partition coefficient (Wildman–Crippen LogP) is 3.12. The molecule has 1 aliphatic rings. The molecule has 8 heteroatoms. The molecule has 1 fully saturated rings. The molecule has 0 unspecified atom stereocenters. The summed E-state index contributed by atoms with van der Waals surface area (Å²) in [6.45, 7) is 0. The van der Waals surface area contributed by atoms with Gasteiger partial charge in [-0.2, -0.15) is 0 Å². The van der Waals surface area contributed by atoms with Crippen molar-refractivity contribution in [2.45, 2.75) is 0 Å². The van der Waals surface area contributed by atoms with Gasteiger partial charge in [0.05, 0.1) is 4.92 Å². The van der Waals surface area contributed by atoms with Crippen LogP contribution in [0.3, 0.4) is 0 Å². The van der Waals surface area contributed by atoms with Gasteiger partial charge in [0.2, 0.25) is 0 Å². The second-order valence-corrected chi connectivity index (χ2v) is 6.51. The maximum Gasteiger partial charge on any atom is 0.314 e. The minimum atomic E-state index is -0.430. The first-order valence-corrected chi connectivity index (χ1v) is 7.05. The summed E-state index contributed by atoms with van der Waals surface area (Å²) in [5.74, 6) is 1.75. The molecule has 0 spiro atoms. The van der Waals surface area contributed by atoms with Crippen molar-refractivity contribution >= 4 is 46.7 Å². The Morgan fingerprint density at radius 2 is 1.88 bits per heavy atom. The smallest absolute Gasteiger partial charge is 0.314 e. The molecule has 0 aromatic carbocycles.